The third kappa shape index (κ3) is 4.14. The Hall–Kier alpha value is -3.37. The number of hydrogen-bond acceptors (Lipinski definition) is 2. The van der Waals surface area contributed by atoms with Gasteiger partial charge in [0.15, 0.2) is 0 Å². The highest BCUT2D eigenvalue weighted by Crippen LogP contribution is 2.22. The Balaban J connectivity index is 1.48. The molecule has 0 atom stereocenters. The van der Waals surface area contributed by atoms with E-state index in [1.165, 1.54) is 0 Å². The first kappa shape index (κ1) is 19.9. The van der Waals surface area contributed by atoms with Crippen molar-refractivity contribution in [3.8, 4) is 5.69 Å². The fourth-order valence-corrected chi connectivity index (χ4v) is 3.95. The van der Waals surface area contributed by atoms with Gasteiger partial charge in [0.1, 0.15) is 0 Å². The lowest BCUT2D eigenvalue weighted by molar-refractivity contribution is -0.120. The van der Waals surface area contributed by atoms with E-state index in [0.717, 1.165) is 39.0 Å². The summed E-state index contributed by atoms with van der Waals surface area (Å²) < 4.78 is 2.12. The third-order valence-corrected chi connectivity index (χ3v) is 5.40. The second-order valence-corrected chi connectivity index (χ2v) is 7.69. The minimum atomic E-state index is -0.147. The van der Waals surface area contributed by atoms with E-state index < -0.39 is 0 Å². The Labute approximate surface area is 180 Å². The summed E-state index contributed by atoms with van der Waals surface area (Å²) in [6.45, 7) is 4.05. The van der Waals surface area contributed by atoms with Gasteiger partial charge in [-0.25, -0.2) is 5.43 Å². The number of nitrogens with one attached hydrogen (secondary N) is 1. The summed E-state index contributed by atoms with van der Waals surface area (Å²) in [5.74, 6) is -0.147. The van der Waals surface area contributed by atoms with Gasteiger partial charge in [-0.3, -0.25) is 4.79 Å². The number of fused-ring (bicyclic) bond motifs is 1. The molecule has 0 spiro atoms. The van der Waals surface area contributed by atoms with Crippen molar-refractivity contribution in [2.24, 2.45) is 5.10 Å². The van der Waals surface area contributed by atoms with Crippen molar-refractivity contribution in [2.75, 3.05) is 0 Å². The van der Waals surface area contributed by atoms with Crippen LogP contribution in [0, 0.1) is 13.8 Å². The largest absolute Gasteiger partial charge is 0.318 e. The molecule has 3 aromatic carbocycles. The molecule has 1 aromatic heterocycles. The number of halogens is 1. The quantitative estimate of drug-likeness (QED) is 0.335. The predicted octanol–water partition coefficient (Wildman–Crippen LogP) is 5.59. The summed E-state index contributed by atoms with van der Waals surface area (Å²) in [6, 6.07) is 23.8. The van der Waals surface area contributed by atoms with E-state index in [4.69, 9.17) is 11.6 Å². The third-order valence-electron chi connectivity index (χ3n) is 5.16. The van der Waals surface area contributed by atoms with Gasteiger partial charge in [0.05, 0.1) is 12.6 Å². The SMILES string of the molecule is Cc1cc(/C=N\NC(=O)Cc2cccc3ccccc23)c(C)n1-c1cccc(Cl)c1. The first-order chi connectivity index (χ1) is 14.5. The van der Waals surface area contributed by atoms with Crippen LogP contribution in [0.4, 0.5) is 0 Å². The first-order valence-corrected chi connectivity index (χ1v) is 10.1. The smallest absolute Gasteiger partial charge is 0.244 e. The zero-order valence-electron chi connectivity index (χ0n) is 16.9. The molecule has 150 valence electrons. The molecule has 4 rings (SSSR count). The summed E-state index contributed by atoms with van der Waals surface area (Å²) in [4.78, 5) is 12.4. The Kier molecular flexibility index (Phi) is 5.68. The fourth-order valence-electron chi connectivity index (χ4n) is 3.76. The number of hydrazone groups is 1. The number of carbonyl (C=O) groups is 1. The molecular formula is C25H22ClN3O. The first-order valence-electron chi connectivity index (χ1n) is 9.76. The molecule has 0 aliphatic carbocycles. The number of aromatic nitrogens is 1. The lowest BCUT2D eigenvalue weighted by atomic mass is 10.0. The molecule has 1 N–H and O–H groups in total. The maximum absolute atomic E-state index is 12.4. The van der Waals surface area contributed by atoms with Crippen LogP contribution < -0.4 is 5.43 Å². The van der Waals surface area contributed by atoms with Crippen LogP contribution in [0.3, 0.4) is 0 Å². The zero-order chi connectivity index (χ0) is 21.1. The van der Waals surface area contributed by atoms with Crippen LogP contribution in [-0.4, -0.2) is 16.7 Å². The normalized spacial score (nSPS) is 11.3. The molecule has 5 heteroatoms. The van der Waals surface area contributed by atoms with Gasteiger partial charge in [-0.1, -0.05) is 60.1 Å². The van der Waals surface area contributed by atoms with Crippen LogP contribution in [0.2, 0.25) is 5.02 Å². The van der Waals surface area contributed by atoms with Crippen molar-refractivity contribution in [3.05, 3.63) is 100 Å². The van der Waals surface area contributed by atoms with Gasteiger partial charge in [0, 0.05) is 27.7 Å². The molecule has 1 amide bonds. The maximum atomic E-state index is 12.4. The minimum absolute atomic E-state index is 0.147. The molecule has 0 saturated heterocycles. The number of amides is 1. The molecule has 0 bridgehead atoms. The van der Waals surface area contributed by atoms with Gasteiger partial charge in [0.2, 0.25) is 5.91 Å². The van der Waals surface area contributed by atoms with Gasteiger partial charge in [-0.15, -0.1) is 0 Å². The zero-order valence-corrected chi connectivity index (χ0v) is 17.6. The molecule has 0 aliphatic rings. The van der Waals surface area contributed by atoms with Gasteiger partial charge in [-0.2, -0.15) is 5.10 Å². The molecule has 1 heterocycles. The molecule has 4 nitrogen and oxygen atoms in total. The number of rotatable bonds is 5. The van der Waals surface area contributed by atoms with Crippen LogP contribution in [0.15, 0.2) is 77.9 Å². The van der Waals surface area contributed by atoms with E-state index >= 15 is 0 Å². The van der Waals surface area contributed by atoms with Gasteiger partial charge >= 0.3 is 0 Å². The van der Waals surface area contributed by atoms with Crippen LogP contribution in [0.25, 0.3) is 16.5 Å². The average molecular weight is 416 g/mol. The standard InChI is InChI=1S/C25H22ClN3O/c1-17-13-21(18(2)29(17)23-11-6-10-22(26)15-23)16-27-28-25(30)14-20-9-5-8-19-7-3-4-12-24(19)20/h3-13,15-16H,14H2,1-2H3,(H,28,30)/b27-16-. The average Bonchev–Trinajstić information content (AvgIpc) is 3.01. The maximum Gasteiger partial charge on any atom is 0.244 e. The Morgan fingerprint density at radius 2 is 1.80 bits per heavy atom. The van der Waals surface area contributed by atoms with E-state index in [1.54, 1.807) is 6.21 Å². The van der Waals surface area contributed by atoms with Gasteiger partial charge in [-0.05, 0) is 54.4 Å². The summed E-state index contributed by atoms with van der Waals surface area (Å²) in [7, 11) is 0. The molecule has 0 unspecified atom stereocenters. The van der Waals surface area contributed by atoms with Crippen molar-refractivity contribution in [3.63, 3.8) is 0 Å². The Morgan fingerprint density at radius 1 is 1.03 bits per heavy atom. The second kappa shape index (κ2) is 8.56. The fraction of sp³-hybridized carbons (Fsp3) is 0.120. The van der Waals surface area contributed by atoms with Crippen molar-refractivity contribution in [1.82, 2.24) is 9.99 Å². The minimum Gasteiger partial charge on any atom is -0.318 e. The van der Waals surface area contributed by atoms with Crippen LogP contribution in [0.1, 0.15) is 22.5 Å². The summed E-state index contributed by atoms with van der Waals surface area (Å²) in [6.07, 6.45) is 1.96. The second-order valence-electron chi connectivity index (χ2n) is 7.25. The highest BCUT2D eigenvalue weighted by Gasteiger charge is 2.10. The van der Waals surface area contributed by atoms with Crippen molar-refractivity contribution in [1.29, 1.82) is 0 Å². The van der Waals surface area contributed by atoms with Crippen molar-refractivity contribution >= 4 is 34.5 Å². The van der Waals surface area contributed by atoms with Crippen molar-refractivity contribution < 1.29 is 4.79 Å². The Bertz CT molecular complexity index is 1250. The van der Waals surface area contributed by atoms with Gasteiger partial charge < -0.3 is 4.57 Å². The lowest BCUT2D eigenvalue weighted by Crippen LogP contribution is -2.19. The lowest BCUT2D eigenvalue weighted by Gasteiger charge is -2.09. The van der Waals surface area contributed by atoms with E-state index in [9.17, 15) is 4.79 Å². The number of aryl methyl sites for hydroxylation is 1. The Morgan fingerprint density at radius 3 is 2.63 bits per heavy atom. The number of hydrogen-bond donors (Lipinski definition) is 1. The van der Waals surface area contributed by atoms with E-state index in [-0.39, 0.29) is 12.3 Å². The van der Waals surface area contributed by atoms with Crippen molar-refractivity contribution in [2.45, 2.75) is 20.3 Å². The molecule has 0 aliphatic heterocycles. The molecule has 0 saturated carbocycles. The van der Waals surface area contributed by atoms with Gasteiger partial charge in [0.25, 0.3) is 0 Å². The van der Waals surface area contributed by atoms with Crippen LogP contribution >= 0.6 is 11.6 Å². The highest BCUT2D eigenvalue weighted by molar-refractivity contribution is 6.30. The summed E-state index contributed by atoms with van der Waals surface area (Å²) in [5, 5.41) is 7.08. The molecule has 30 heavy (non-hydrogen) atoms. The highest BCUT2D eigenvalue weighted by atomic mass is 35.5. The van der Waals surface area contributed by atoms with Crippen LogP contribution in [0.5, 0.6) is 0 Å². The summed E-state index contributed by atoms with van der Waals surface area (Å²) in [5.41, 5.74) is 7.67. The van der Waals surface area contributed by atoms with Crippen LogP contribution in [-0.2, 0) is 11.2 Å². The number of carbonyl (C=O) groups excluding carboxylic acids is 1. The summed E-state index contributed by atoms with van der Waals surface area (Å²) >= 11 is 6.14. The molecule has 0 fully saturated rings. The molecular weight excluding hydrogens is 394 g/mol. The molecule has 0 radical (unpaired) electrons. The molecule has 4 aromatic rings. The number of benzene rings is 3. The van der Waals surface area contributed by atoms with E-state index in [0.29, 0.717) is 5.02 Å². The van der Waals surface area contributed by atoms with E-state index in [2.05, 4.69) is 15.1 Å². The van der Waals surface area contributed by atoms with E-state index in [1.807, 2.05) is 86.6 Å². The topological polar surface area (TPSA) is 46.4 Å². The number of nitrogens with zero attached hydrogens (tertiary/aromatic N) is 2. The predicted molar refractivity (Wildman–Crippen MR) is 124 cm³/mol. The monoisotopic (exact) mass is 415 g/mol.